The molecule has 1 heterocycles. The van der Waals surface area contributed by atoms with E-state index in [0.29, 0.717) is 12.6 Å². The highest BCUT2D eigenvalue weighted by molar-refractivity contribution is 5.75. The van der Waals surface area contributed by atoms with Gasteiger partial charge in [-0.3, -0.25) is 4.79 Å². The van der Waals surface area contributed by atoms with Gasteiger partial charge in [-0.2, -0.15) is 0 Å². The number of likely N-dealkylation sites (tertiary alicyclic amines) is 1. The highest BCUT2D eigenvalue weighted by atomic mass is 16.5. The summed E-state index contributed by atoms with van der Waals surface area (Å²) in [4.78, 5) is 14.5. The van der Waals surface area contributed by atoms with Crippen LogP contribution in [0.4, 0.5) is 0 Å². The van der Waals surface area contributed by atoms with Crippen LogP contribution >= 0.6 is 0 Å². The maximum absolute atomic E-state index is 12.0. The summed E-state index contributed by atoms with van der Waals surface area (Å²) in [6, 6.07) is 0.128. The minimum Gasteiger partial charge on any atom is -0.465 e. The van der Waals surface area contributed by atoms with E-state index in [2.05, 4.69) is 31.0 Å². The van der Waals surface area contributed by atoms with Crippen LogP contribution in [0.5, 0.6) is 0 Å². The minimum atomic E-state index is -0.171. The average molecular weight is 298 g/mol. The number of carbonyl (C=O) groups is 1. The molecule has 2 unspecified atom stereocenters. The van der Waals surface area contributed by atoms with Crippen LogP contribution in [0.1, 0.15) is 59.8 Å². The third-order valence-corrected chi connectivity index (χ3v) is 4.36. The Morgan fingerprint density at radius 1 is 1.29 bits per heavy atom. The molecule has 0 aromatic heterocycles. The molecule has 124 valence electrons. The molecule has 4 heteroatoms. The molecule has 0 spiro atoms. The van der Waals surface area contributed by atoms with E-state index in [9.17, 15) is 4.79 Å². The van der Waals surface area contributed by atoms with E-state index >= 15 is 0 Å². The van der Waals surface area contributed by atoms with E-state index in [-0.39, 0.29) is 12.0 Å². The maximum Gasteiger partial charge on any atom is 0.323 e. The van der Waals surface area contributed by atoms with Gasteiger partial charge in [0.1, 0.15) is 6.04 Å². The van der Waals surface area contributed by atoms with Crippen molar-refractivity contribution in [1.29, 1.82) is 0 Å². The van der Waals surface area contributed by atoms with Gasteiger partial charge in [0.05, 0.1) is 6.61 Å². The average Bonchev–Trinajstić information content (AvgIpc) is 2.68. The Morgan fingerprint density at radius 2 is 2.05 bits per heavy atom. The van der Waals surface area contributed by atoms with E-state index in [1.165, 1.54) is 38.8 Å². The molecule has 1 saturated heterocycles. The normalized spacial score (nSPS) is 22.0. The van der Waals surface area contributed by atoms with Crippen molar-refractivity contribution in [3.05, 3.63) is 0 Å². The zero-order valence-corrected chi connectivity index (χ0v) is 14.4. The van der Waals surface area contributed by atoms with Gasteiger partial charge >= 0.3 is 5.97 Å². The molecule has 1 rings (SSSR count). The van der Waals surface area contributed by atoms with Gasteiger partial charge in [0, 0.05) is 12.6 Å². The van der Waals surface area contributed by atoms with Gasteiger partial charge in [-0.05, 0) is 51.6 Å². The molecule has 0 bridgehead atoms. The predicted octanol–water partition coefficient (Wildman–Crippen LogP) is 2.82. The zero-order chi connectivity index (χ0) is 15.7. The maximum atomic E-state index is 12.0. The van der Waals surface area contributed by atoms with Crippen molar-refractivity contribution in [2.75, 3.05) is 26.2 Å². The van der Waals surface area contributed by atoms with E-state index in [4.69, 9.17) is 4.74 Å². The van der Waals surface area contributed by atoms with Crippen molar-refractivity contribution >= 4 is 5.97 Å². The van der Waals surface area contributed by atoms with Crippen molar-refractivity contribution in [2.45, 2.75) is 71.9 Å². The van der Waals surface area contributed by atoms with Crippen LogP contribution in [-0.4, -0.2) is 49.2 Å². The number of nitrogens with one attached hydrogen (secondary N) is 1. The standard InChI is InChI=1S/C17H34N2O2/c1-5-15-8-7-11-19(12-9-15)13-10-16(18-14(3)4)17(20)21-6-2/h14-16,18H,5-13H2,1-4H3. The van der Waals surface area contributed by atoms with E-state index in [0.717, 1.165) is 18.9 Å². The van der Waals surface area contributed by atoms with Crippen molar-refractivity contribution < 1.29 is 9.53 Å². The molecule has 21 heavy (non-hydrogen) atoms. The zero-order valence-electron chi connectivity index (χ0n) is 14.4. The molecule has 4 nitrogen and oxygen atoms in total. The molecule has 0 radical (unpaired) electrons. The minimum absolute atomic E-state index is 0.104. The lowest BCUT2D eigenvalue weighted by molar-refractivity contribution is -0.146. The first-order valence-electron chi connectivity index (χ1n) is 8.71. The summed E-state index contributed by atoms with van der Waals surface area (Å²) in [5.41, 5.74) is 0. The molecule has 0 aromatic rings. The molecular formula is C17H34N2O2. The molecule has 1 aliphatic heterocycles. The van der Waals surface area contributed by atoms with Crippen molar-refractivity contribution in [1.82, 2.24) is 10.2 Å². The van der Waals surface area contributed by atoms with Crippen LogP contribution < -0.4 is 5.32 Å². The fourth-order valence-electron chi connectivity index (χ4n) is 3.08. The summed E-state index contributed by atoms with van der Waals surface area (Å²) in [6.45, 7) is 12.1. The number of hydrogen-bond donors (Lipinski definition) is 1. The molecule has 0 aromatic carbocycles. The summed E-state index contributed by atoms with van der Waals surface area (Å²) < 4.78 is 5.18. The SMILES string of the molecule is CCOC(=O)C(CCN1CCCC(CC)CC1)NC(C)C. The Labute approximate surface area is 130 Å². The van der Waals surface area contributed by atoms with E-state index in [1.54, 1.807) is 0 Å². The first-order valence-corrected chi connectivity index (χ1v) is 8.71. The second-order valence-corrected chi connectivity index (χ2v) is 6.46. The lowest BCUT2D eigenvalue weighted by Gasteiger charge is -2.24. The van der Waals surface area contributed by atoms with Crippen molar-refractivity contribution in [3.63, 3.8) is 0 Å². The van der Waals surface area contributed by atoms with Gasteiger partial charge in [0.2, 0.25) is 0 Å². The largest absolute Gasteiger partial charge is 0.465 e. The van der Waals surface area contributed by atoms with E-state index < -0.39 is 0 Å². The Balaban J connectivity index is 2.42. The van der Waals surface area contributed by atoms with Crippen LogP contribution in [0, 0.1) is 5.92 Å². The van der Waals surface area contributed by atoms with Crippen LogP contribution in [0.25, 0.3) is 0 Å². The quantitative estimate of drug-likeness (QED) is 0.700. The van der Waals surface area contributed by atoms with Gasteiger partial charge in [-0.15, -0.1) is 0 Å². The Morgan fingerprint density at radius 3 is 2.67 bits per heavy atom. The Hall–Kier alpha value is -0.610. The number of ether oxygens (including phenoxy) is 1. The highest BCUT2D eigenvalue weighted by Gasteiger charge is 2.22. The lowest BCUT2D eigenvalue weighted by Crippen LogP contribution is -2.44. The topological polar surface area (TPSA) is 41.6 Å². The molecule has 0 saturated carbocycles. The number of rotatable bonds is 8. The highest BCUT2D eigenvalue weighted by Crippen LogP contribution is 2.20. The first-order chi connectivity index (χ1) is 10.1. The van der Waals surface area contributed by atoms with Crippen molar-refractivity contribution in [2.24, 2.45) is 5.92 Å². The fraction of sp³-hybridized carbons (Fsp3) is 0.941. The fourth-order valence-corrected chi connectivity index (χ4v) is 3.08. The summed E-state index contributed by atoms with van der Waals surface area (Å²) in [5, 5.41) is 3.34. The number of hydrogen-bond acceptors (Lipinski definition) is 4. The summed E-state index contributed by atoms with van der Waals surface area (Å²) >= 11 is 0. The van der Waals surface area contributed by atoms with Gasteiger partial charge in [-0.1, -0.05) is 27.2 Å². The van der Waals surface area contributed by atoms with Gasteiger partial charge in [0.15, 0.2) is 0 Å². The molecule has 1 aliphatic rings. The monoisotopic (exact) mass is 298 g/mol. The lowest BCUT2D eigenvalue weighted by atomic mass is 9.98. The van der Waals surface area contributed by atoms with Crippen LogP contribution in [0.2, 0.25) is 0 Å². The van der Waals surface area contributed by atoms with E-state index in [1.807, 2.05) is 6.92 Å². The van der Waals surface area contributed by atoms with Gasteiger partial charge in [-0.25, -0.2) is 0 Å². The summed E-state index contributed by atoms with van der Waals surface area (Å²) in [6.07, 6.45) is 6.10. The second-order valence-electron chi connectivity index (χ2n) is 6.46. The third-order valence-electron chi connectivity index (χ3n) is 4.36. The number of carbonyl (C=O) groups excluding carboxylic acids is 1. The van der Waals surface area contributed by atoms with Gasteiger partial charge in [0.25, 0.3) is 0 Å². The Kier molecular flexibility index (Phi) is 8.93. The first kappa shape index (κ1) is 18.4. The van der Waals surface area contributed by atoms with Crippen LogP contribution in [0.3, 0.4) is 0 Å². The van der Waals surface area contributed by atoms with Crippen LogP contribution in [-0.2, 0) is 9.53 Å². The molecular weight excluding hydrogens is 264 g/mol. The van der Waals surface area contributed by atoms with Crippen LogP contribution in [0.15, 0.2) is 0 Å². The number of esters is 1. The smallest absolute Gasteiger partial charge is 0.323 e. The summed E-state index contributed by atoms with van der Waals surface area (Å²) in [7, 11) is 0. The Bertz CT molecular complexity index is 295. The second kappa shape index (κ2) is 10.2. The molecule has 0 amide bonds. The number of nitrogens with zero attached hydrogens (tertiary/aromatic N) is 1. The van der Waals surface area contributed by atoms with Crippen molar-refractivity contribution in [3.8, 4) is 0 Å². The molecule has 0 aliphatic carbocycles. The molecule has 1 N–H and O–H groups in total. The third kappa shape index (κ3) is 7.28. The molecule has 2 atom stereocenters. The summed E-state index contributed by atoms with van der Waals surface area (Å²) in [5.74, 6) is 0.789. The van der Waals surface area contributed by atoms with Gasteiger partial charge < -0.3 is 15.0 Å². The molecule has 1 fully saturated rings. The predicted molar refractivity (Wildman–Crippen MR) is 87.4 cm³/mol.